The van der Waals surface area contributed by atoms with Crippen molar-refractivity contribution in [2.24, 2.45) is 0 Å². The molecule has 0 saturated carbocycles. The lowest BCUT2D eigenvalue weighted by atomic mass is 9.74. The van der Waals surface area contributed by atoms with Crippen LogP contribution in [0.1, 0.15) is 68.9 Å². The first kappa shape index (κ1) is 22.7. The molecule has 4 rings (SSSR count). The molecule has 2 aliphatic heterocycles. The number of benzene rings is 2. The Labute approximate surface area is 191 Å². The van der Waals surface area contributed by atoms with Crippen LogP contribution in [0.15, 0.2) is 54.1 Å². The van der Waals surface area contributed by atoms with Gasteiger partial charge in [-0.1, -0.05) is 44.6 Å². The third kappa shape index (κ3) is 4.38. The van der Waals surface area contributed by atoms with Crippen LogP contribution in [0.25, 0.3) is 0 Å². The highest BCUT2D eigenvalue weighted by Crippen LogP contribution is 2.47. The fourth-order valence-corrected chi connectivity index (χ4v) is 4.99. The van der Waals surface area contributed by atoms with Gasteiger partial charge in [0.1, 0.15) is 5.82 Å². The number of nitrogens with zero attached hydrogens (tertiary/aromatic N) is 2. The van der Waals surface area contributed by atoms with E-state index in [1.807, 2.05) is 29.2 Å². The number of piperidine rings is 1. The zero-order valence-electron chi connectivity index (χ0n) is 20.0. The van der Waals surface area contributed by atoms with Crippen molar-refractivity contribution in [3.8, 4) is 0 Å². The number of carbonyl (C=O) groups excluding carboxylic acids is 1. The molecule has 1 spiro atoms. The first-order valence-corrected chi connectivity index (χ1v) is 11.7. The van der Waals surface area contributed by atoms with Gasteiger partial charge in [0.2, 0.25) is 0 Å². The lowest BCUT2D eigenvalue weighted by Crippen LogP contribution is -2.46. The van der Waals surface area contributed by atoms with Gasteiger partial charge in [0.15, 0.2) is 0 Å². The van der Waals surface area contributed by atoms with E-state index in [0.29, 0.717) is 12.1 Å². The van der Waals surface area contributed by atoms with Crippen molar-refractivity contribution in [1.82, 2.24) is 4.90 Å². The molecule has 2 heterocycles. The highest BCUT2D eigenvalue weighted by atomic mass is 19.1. The molecule has 2 aromatic carbocycles. The highest BCUT2D eigenvalue weighted by molar-refractivity contribution is 6.07. The van der Waals surface area contributed by atoms with Crippen LogP contribution in [-0.4, -0.2) is 37.0 Å². The van der Waals surface area contributed by atoms with Crippen molar-refractivity contribution in [2.45, 2.75) is 58.3 Å². The van der Waals surface area contributed by atoms with Crippen molar-refractivity contribution in [1.29, 1.82) is 0 Å². The van der Waals surface area contributed by atoms with Crippen LogP contribution in [0.2, 0.25) is 0 Å². The maximum absolute atomic E-state index is 14.3. The highest BCUT2D eigenvalue weighted by Gasteiger charge is 2.46. The molecule has 2 aromatic rings. The summed E-state index contributed by atoms with van der Waals surface area (Å²) in [5, 5.41) is 0. The molecule has 32 heavy (non-hydrogen) atoms. The van der Waals surface area contributed by atoms with Gasteiger partial charge in [0.25, 0.3) is 5.91 Å². The van der Waals surface area contributed by atoms with Gasteiger partial charge < -0.3 is 4.90 Å². The van der Waals surface area contributed by atoms with Crippen LogP contribution < -0.4 is 4.90 Å². The van der Waals surface area contributed by atoms with E-state index in [1.165, 1.54) is 17.2 Å². The Kier molecular flexibility index (Phi) is 6.02. The number of amides is 1. The first-order valence-electron chi connectivity index (χ1n) is 11.7. The molecule has 4 heteroatoms. The minimum absolute atomic E-state index is 0.00200. The summed E-state index contributed by atoms with van der Waals surface area (Å²) in [4.78, 5) is 17.9. The summed E-state index contributed by atoms with van der Waals surface area (Å²) in [6.45, 7) is 14.3. The lowest BCUT2D eigenvalue weighted by molar-refractivity contribution is 0.0977. The van der Waals surface area contributed by atoms with E-state index in [-0.39, 0.29) is 22.6 Å². The number of likely N-dealkylation sites (tertiary alicyclic amines) is 1. The van der Waals surface area contributed by atoms with Crippen LogP contribution in [-0.2, 0) is 10.8 Å². The van der Waals surface area contributed by atoms with E-state index in [4.69, 9.17) is 0 Å². The Morgan fingerprint density at radius 3 is 2.31 bits per heavy atom. The van der Waals surface area contributed by atoms with Gasteiger partial charge in [0, 0.05) is 29.8 Å². The first-order chi connectivity index (χ1) is 15.1. The molecule has 0 bridgehead atoms. The third-order valence-electron chi connectivity index (χ3n) is 7.10. The summed E-state index contributed by atoms with van der Waals surface area (Å²) in [5.41, 5.74) is 4.97. The molecule has 3 nitrogen and oxygen atoms in total. The van der Waals surface area contributed by atoms with E-state index in [9.17, 15) is 9.18 Å². The minimum Gasteiger partial charge on any atom is -0.307 e. The average molecular weight is 435 g/mol. The molecule has 1 saturated heterocycles. The van der Waals surface area contributed by atoms with Crippen molar-refractivity contribution in [3.63, 3.8) is 0 Å². The number of hydrogen-bond donors (Lipinski definition) is 0. The van der Waals surface area contributed by atoms with Crippen molar-refractivity contribution < 1.29 is 9.18 Å². The van der Waals surface area contributed by atoms with Gasteiger partial charge in [-0.05, 0) is 86.7 Å². The predicted octanol–water partition coefficient (Wildman–Crippen LogP) is 6.08. The number of carbonyl (C=O) groups is 1. The summed E-state index contributed by atoms with van der Waals surface area (Å²) in [6, 6.07) is 12.9. The Morgan fingerprint density at radius 2 is 1.72 bits per heavy atom. The molecular weight excluding hydrogens is 399 g/mol. The third-order valence-corrected chi connectivity index (χ3v) is 7.10. The zero-order valence-corrected chi connectivity index (χ0v) is 20.0. The van der Waals surface area contributed by atoms with Crippen LogP contribution >= 0.6 is 0 Å². The number of rotatable bonds is 3. The van der Waals surface area contributed by atoms with Crippen molar-refractivity contribution in [3.05, 3.63) is 76.6 Å². The minimum atomic E-state index is -0.223. The van der Waals surface area contributed by atoms with E-state index < -0.39 is 0 Å². The normalized spacial score (nSPS) is 18.0. The van der Waals surface area contributed by atoms with Crippen LogP contribution in [0.3, 0.4) is 0 Å². The van der Waals surface area contributed by atoms with Gasteiger partial charge in [-0.2, -0.15) is 0 Å². The summed E-state index contributed by atoms with van der Waals surface area (Å²) < 4.78 is 14.3. The van der Waals surface area contributed by atoms with Gasteiger partial charge in [-0.15, -0.1) is 0 Å². The molecule has 0 N–H and O–H groups in total. The number of allylic oxidation sites excluding steroid dienone is 1. The van der Waals surface area contributed by atoms with Crippen LogP contribution in [0, 0.1) is 5.82 Å². The molecule has 170 valence electrons. The average Bonchev–Trinajstić information content (AvgIpc) is 3.05. The second-order valence-corrected chi connectivity index (χ2v) is 10.7. The molecule has 1 amide bonds. The number of fused-ring (bicyclic) bond motifs is 2. The Bertz CT molecular complexity index is 1020. The monoisotopic (exact) mass is 434 g/mol. The summed E-state index contributed by atoms with van der Waals surface area (Å²) in [6.07, 6.45) is 4.14. The number of hydrogen-bond acceptors (Lipinski definition) is 2. The van der Waals surface area contributed by atoms with Gasteiger partial charge in [-0.3, -0.25) is 9.69 Å². The standard InChI is InChI=1S/C28H35FN2O/c1-20(2)12-15-30-16-13-28(14-17-30)19-31(25-11-10-23(29)18-24(25)28)26(32)21-6-8-22(9-7-21)27(3,4)5/h6-12,18H,13-17,19H2,1-5H3. The molecule has 2 aliphatic rings. The summed E-state index contributed by atoms with van der Waals surface area (Å²) in [5.74, 6) is -0.221. The smallest absolute Gasteiger partial charge is 0.258 e. The van der Waals surface area contributed by atoms with Gasteiger partial charge in [-0.25, -0.2) is 4.39 Å². The predicted molar refractivity (Wildman–Crippen MR) is 130 cm³/mol. The van der Waals surface area contributed by atoms with Crippen LogP contribution in [0.5, 0.6) is 0 Å². The zero-order chi connectivity index (χ0) is 23.1. The van der Waals surface area contributed by atoms with E-state index >= 15 is 0 Å². The Balaban J connectivity index is 1.59. The Hall–Kier alpha value is -2.46. The molecule has 0 aromatic heterocycles. The van der Waals surface area contributed by atoms with E-state index in [0.717, 1.165) is 43.7 Å². The lowest BCUT2D eigenvalue weighted by Gasteiger charge is -2.39. The molecule has 0 atom stereocenters. The molecule has 1 fully saturated rings. The Morgan fingerprint density at radius 1 is 1.06 bits per heavy atom. The number of anilines is 1. The van der Waals surface area contributed by atoms with Gasteiger partial charge in [0.05, 0.1) is 0 Å². The van der Waals surface area contributed by atoms with E-state index in [1.54, 1.807) is 12.1 Å². The van der Waals surface area contributed by atoms with Gasteiger partial charge >= 0.3 is 0 Å². The second kappa shape index (κ2) is 8.47. The van der Waals surface area contributed by atoms with Crippen LogP contribution in [0.4, 0.5) is 10.1 Å². The largest absolute Gasteiger partial charge is 0.307 e. The van der Waals surface area contributed by atoms with Crippen molar-refractivity contribution in [2.75, 3.05) is 31.1 Å². The molecule has 0 unspecified atom stereocenters. The molecule has 0 aliphatic carbocycles. The SMILES string of the molecule is CC(C)=CCN1CCC2(CC1)CN(C(=O)c1ccc(C(C)(C)C)cc1)c1ccc(F)cc12. The fraction of sp³-hybridized carbons (Fsp3) is 0.464. The quantitative estimate of drug-likeness (QED) is 0.546. The molecule has 0 radical (unpaired) electrons. The fourth-order valence-electron chi connectivity index (χ4n) is 4.99. The second-order valence-electron chi connectivity index (χ2n) is 10.7. The van der Waals surface area contributed by atoms with E-state index in [2.05, 4.69) is 45.6 Å². The maximum atomic E-state index is 14.3. The summed E-state index contributed by atoms with van der Waals surface area (Å²) in [7, 11) is 0. The summed E-state index contributed by atoms with van der Waals surface area (Å²) >= 11 is 0. The number of halogens is 1. The topological polar surface area (TPSA) is 23.6 Å². The molecular formula is C28H35FN2O. The van der Waals surface area contributed by atoms with Crippen molar-refractivity contribution >= 4 is 11.6 Å². The maximum Gasteiger partial charge on any atom is 0.258 e.